The third-order valence-electron chi connectivity index (χ3n) is 2.68. The molecule has 0 bridgehead atoms. The Bertz CT molecular complexity index is 373. The van der Waals surface area contributed by atoms with Crippen molar-refractivity contribution in [2.24, 2.45) is 5.92 Å². The normalized spacial score (nSPS) is 23.5. The van der Waals surface area contributed by atoms with Crippen molar-refractivity contribution < 1.29 is 14.6 Å². The van der Waals surface area contributed by atoms with Crippen molar-refractivity contribution in [3.63, 3.8) is 0 Å². The number of phenolic OH excluding ortho intramolecular Hbond substituents is 1. The Morgan fingerprint density at radius 2 is 2.40 bits per heavy atom. The smallest absolute Gasteiger partial charge is 0.309 e. The van der Waals surface area contributed by atoms with Crippen LogP contribution in [0.25, 0.3) is 0 Å². The standard InChI is InChI=1S/C12H14O3/c1-2-15-12(14)11-7-10(11)8-4-3-5-9(13)6-8/h3-6,10-11,13H,2,7H2,1H3/t10-,11+/m0/s1. The third kappa shape index (κ3) is 2.12. The Labute approximate surface area is 88.7 Å². The van der Waals surface area contributed by atoms with E-state index in [1.54, 1.807) is 18.2 Å². The minimum atomic E-state index is -0.120. The average Bonchev–Trinajstić information content (AvgIpc) is 2.97. The fraction of sp³-hybridized carbons (Fsp3) is 0.417. The van der Waals surface area contributed by atoms with Crippen LogP contribution in [0.3, 0.4) is 0 Å². The van der Waals surface area contributed by atoms with E-state index in [0.717, 1.165) is 12.0 Å². The molecular weight excluding hydrogens is 192 g/mol. The van der Waals surface area contributed by atoms with Gasteiger partial charge in [-0.1, -0.05) is 12.1 Å². The molecule has 2 rings (SSSR count). The van der Waals surface area contributed by atoms with Crippen molar-refractivity contribution in [1.82, 2.24) is 0 Å². The van der Waals surface area contributed by atoms with Gasteiger partial charge < -0.3 is 9.84 Å². The first kappa shape index (κ1) is 10.0. The molecule has 0 aliphatic heterocycles. The molecule has 3 nitrogen and oxygen atoms in total. The largest absolute Gasteiger partial charge is 0.508 e. The van der Waals surface area contributed by atoms with E-state index in [0.29, 0.717) is 6.61 Å². The fourth-order valence-corrected chi connectivity index (χ4v) is 1.83. The van der Waals surface area contributed by atoms with E-state index >= 15 is 0 Å². The Hall–Kier alpha value is -1.51. The van der Waals surface area contributed by atoms with E-state index in [4.69, 9.17) is 4.74 Å². The molecule has 1 aromatic rings. The molecule has 2 atom stereocenters. The SMILES string of the molecule is CCOC(=O)[C@@H]1C[C@H]1c1cccc(O)c1. The van der Waals surface area contributed by atoms with E-state index < -0.39 is 0 Å². The lowest BCUT2D eigenvalue weighted by Crippen LogP contribution is -2.07. The first-order valence-electron chi connectivity index (χ1n) is 5.18. The van der Waals surface area contributed by atoms with Gasteiger partial charge in [0.1, 0.15) is 5.75 Å². The lowest BCUT2D eigenvalue weighted by molar-refractivity contribution is -0.144. The molecular formula is C12H14O3. The number of esters is 1. The summed E-state index contributed by atoms with van der Waals surface area (Å²) in [6.07, 6.45) is 0.836. The van der Waals surface area contributed by atoms with Crippen LogP contribution in [0, 0.1) is 5.92 Å². The first-order valence-corrected chi connectivity index (χ1v) is 5.18. The summed E-state index contributed by atoms with van der Waals surface area (Å²) >= 11 is 0. The molecule has 15 heavy (non-hydrogen) atoms. The summed E-state index contributed by atoms with van der Waals surface area (Å²) in [5, 5.41) is 9.30. The second-order valence-corrected chi connectivity index (χ2v) is 3.80. The number of ether oxygens (including phenoxy) is 1. The summed E-state index contributed by atoms with van der Waals surface area (Å²) in [6.45, 7) is 2.24. The Morgan fingerprint density at radius 1 is 1.60 bits per heavy atom. The number of carbonyl (C=O) groups is 1. The van der Waals surface area contributed by atoms with Crippen LogP contribution in [0.5, 0.6) is 5.75 Å². The highest BCUT2D eigenvalue weighted by Gasteiger charge is 2.45. The first-order chi connectivity index (χ1) is 7.22. The van der Waals surface area contributed by atoms with Gasteiger partial charge in [-0.25, -0.2) is 0 Å². The van der Waals surface area contributed by atoms with Gasteiger partial charge in [-0.3, -0.25) is 4.79 Å². The van der Waals surface area contributed by atoms with Crippen LogP contribution < -0.4 is 0 Å². The van der Waals surface area contributed by atoms with E-state index in [-0.39, 0.29) is 23.6 Å². The molecule has 0 unspecified atom stereocenters. The van der Waals surface area contributed by atoms with Crippen molar-refractivity contribution >= 4 is 5.97 Å². The predicted molar refractivity (Wildman–Crippen MR) is 55.6 cm³/mol. The van der Waals surface area contributed by atoms with Crippen LogP contribution in [-0.2, 0) is 9.53 Å². The number of phenols is 1. The highest BCUT2D eigenvalue weighted by atomic mass is 16.5. The van der Waals surface area contributed by atoms with Gasteiger partial charge in [-0.05, 0) is 37.0 Å². The molecule has 1 aliphatic carbocycles. The van der Waals surface area contributed by atoms with E-state index in [9.17, 15) is 9.90 Å². The Balaban J connectivity index is 2.01. The van der Waals surface area contributed by atoms with Gasteiger partial charge in [-0.15, -0.1) is 0 Å². The van der Waals surface area contributed by atoms with Crippen LogP contribution in [0.1, 0.15) is 24.8 Å². The van der Waals surface area contributed by atoms with Gasteiger partial charge in [0.15, 0.2) is 0 Å². The molecule has 3 heteroatoms. The summed E-state index contributed by atoms with van der Waals surface area (Å²) < 4.78 is 4.95. The van der Waals surface area contributed by atoms with Gasteiger partial charge in [0.25, 0.3) is 0 Å². The molecule has 0 aromatic heterocycles. The lowest BCUT2D eigenvalue weighted by Gasteiger charge is -2.01. The van der Waals surface area contributed by atoms with Crippen LogP contribution >= 0.6 is 0 Å². The summed E-state index contributed by atoms with van der Waals surface area (Å²) in [6, 6.07) is 7.07. The van der Waals surface area contributed by atoms with Crippen molar-refractivity contribution in [3.8, 4) is 5.75 Å². The molecule has 1 saturated carbocycles. The summed E-state index contributed by atoms with van der Waals surface area (Å²) in [5.74, 6) is 0.357. The minimum absolute atomic E-state index is 0.00764. The third-order valence-corrected chi connectivity index (χ3v) is 2.68. The van der Waals surface area contributed by atoms with Crippen LogP contribution in [-0.4, -0.2) is 17.7 Å². The molecule has 0 spiro atoms. The minimum Gasteiger partial charge on any atom is -0.508 e. The number of hydrogen-bond acceptors (Lipinski definition) is 3. The second kappa shape index (κ2) is 3.93. The summed E-state index contributed by atoms with van der Waals surface area (Å²) in [4.78, 5) is 11.4. The number of benzene rings is 1. The number of carbonyl (C=O) groups excluding carboxylic acids is 1. The van der Waals surface area contributed by atoms with Gasteiger partial charge in [0, 0.05) is 0 Å². The highest BCUT2D eigenvalue weighted by molar-refractivity contribution is 5.77. The molecule has 1 aliphatic rings. The zero-order chi connectivity index (χ0) is 10.8. The lowest BCUT2D eigenvalue weighted by atomic mass is 10.1. The molecule has 0 heterocycles. The maximum absolute atomic E-state index is 11.4. The van der Waals surface area contributed by atoms with E-state index in [1.807, 2.05) is 13.0 Å². The van der Waals surface area contributed by atoms with E-state index in [1.165, 1.54) is 0 Å². The zero-order valence-corrected chi connectivity index (χ0v) is 8.64. The topological polar surface area (TPSA) is 46.5 Å². The molecule has 0 amide bonds. The van der Waals surface area contributed by atoms with Gasteiger partial charge in [0.2, 0.25) is 0 Å². The molecule has 0 saturated heterocycles. The Kier molecular flexibility index (Phi) is 2.62. The van der Waals surface area contributed by atoms with Crippen LogP contribution in [0.2, 0.25) is 0 Å². The molecule has 1 N–H and O–H groups in total. The monoisotopic (exact) mass is 206 g/mol. The number of rotatable bonds is 3. The molecule has 0 radical (unpaired) electrons. The van der Waals surface area contributed by atoms with Gasteiger partial charge in [0.05, 0.1) is 12.5 Å². The zero-order valence-electron chi connectivity index (χ0n) is 8.64. The Morgan fingerprint density at radius 3 is 3.07 bits per heavy atom. The molecule has 1 fully saturated rings. The van der Waals surface area contributed by atoms with Gasteiger partial charge in [-0.2, -0.15) is 0 Å². The molecule has 80 valence electrons. The van der Waals surface area contributed by atoms with Crippen molar-refractivity contribution in [2.75, 3.05) is 6.61 Å². The summed E-state index contributed by atoms with van der Waals surface area (Å²) in [7, 11) is 0. The number of aromatic hydroxyl groups is 1. The maximum atomic E-state index is 11.4. The quantitative estimate of drug-likeness (QED) is 0.770. The van der Waals surface area contributed by atoms with Crippen LogP contribution in [0.4, 0.5) is 0 Å². The summed E-state index contributed by atoms with van der Waals surface area (Å²) in [5.41, 5.74) is 1.02. The van der Waals surface area contributed by atoms with Gasteiger partial charge >= 0.3 is 5.97 Å². The highest BCUT2D eigenvalue weighted by Crippen LogP contribution is 2.48. The second-order valence-electron chi connectivity index (χ2n) is 3.80. The molecule has 1 aromatic carbocycles. The number of hydrogen-bond donors (Lipinski definition) is 1. The fourth-order valence-electron chi connectivity index (χ4n) is 1.83. The van der Waals surface area contributed by atoms with E-state index in [2.05, 4.69) is 0 Å². The van der Waals surface area contributed by atoms with Crippen molar-refractivity contribution in [2.45, 2.75) is 19.3 Å². The van der Waals surface area contributed by atoms with Crippen molar-refractivity contribution in [3.05, 3.63) is 29.8 Å². The maximum Gasteiger partial charge on any atom is 0.309 e. The average molecular weight is 206 g/mol. The van der Waals surface area contributed by atoms with Crippen molar-refractivity contribution in [1.29, 1.82) is 0 Å². The predicted octanol–water partition coefficient (Wildman–Crippen LogP) is 2.06. The van der Waals surface area contributed by atoms with Crippen LogP contribution in [0.15, 0.2) is 24.3 Å².